The van der Waals surface area contributed by atoms with E-state index in [1.54, 1.807) is 6.08 Å². The number of aromatic nitrogens is 2. The molecule has 34 heavy (non-hydrogen) atoms. The monoisotopic (exact) mass is 452 g/mol. The number of nitrogens with one attached hydrogen (secondary N) is 2. The fraction of sp³-hybridized carbons (Fsp3) is 0.393. The molecule has 2 N–H and O–H groups in total. The highest BCUT2D eigenvalue weighted by Gasteiger charge is 2.51. The van der Waals surface area contributed by atoms with Crippen LogP contribution in [0.15, 0.2) is 48.5 Å². The van der Waals surface area contributed by atoms with Crippen molar-refractivity contribution in [2.75, 3.05) is 6.61 Å². The molecule has 172 valence electrons. The van der Waals surface area contributed by atoms with E-state index in [0.717, 1.165) is 53.6 Å². The SMILES string of the molecule is N#C/C(=C\c1ccc(OCC(=O)NC23CC4CC(CC(C4)C2)C3)cc1)c1nc2ccccc2[nH]1. The lowest BCUT2D eigenvalue weighted by Gasteiger charge is -2.56. The van der Waals surface area contributed by atoms with E-state index >= 15 is 0 Å². The Morgan fingerprint density at radius 1 is 1.09 bits per heavy atom. The molecule has 1 heterocycles. The van der Waals surface area contributed by atoms with E-state index in [2.05, 4.69) is 21.4 Å². The standard InChI is InChI=1S/C28H28N4O2/c29-16-22(27-30-24-3-1-2-4-25(24)31-27)12-18-5-7-23(8-6-18)34-17-26(33)32-28-13-19-9-20(14-28)11-21(10-19)15-28/h1-8,12,19-21H,9-11,13-15,17H2,(H,30,31)(H,32,33)/b22-12+. The molecule has 6 nitrogen and oxygen atoms in total. The Bertz CT molecular complexity index is 1230. The van der Waals surface area contributed by atoms with Crippen LogP contribution in [0.2, 0.25) is 0 Å². The van der Waals surface area contributed by atoms with Gasteiger partial charge in [-0.25, -0.2) is 4.98 Å². The summed E-state index contributed by atoms with van der Waals surface area (Å²) in [4.78, 5) is 20.4. The maximum Gasteiger partial charge on any atom is 0.258 e. The van der Waals surface area contributed by atoms with Crippen LogP contribution in [0.4, 0.5) is 0 Å². The third-order valence-corrected chi connectivity index (χ3v) is 7.77. The number of para-hydroxylation sites is 2. The summed E-state index contributed by atoms with van der Waals surface area (Å²) in [5, 5.41) is 13.0. The van der Waals surface area contributed by atoms with Gasteiger partial charge in [-0.1, -0.05) is 24.3 Å². The first kappa shape index (κ1) is 21.0. The van der Waals surface area contributed by atoms with E-state index in [4.69, 9.17) is 4.74 Å². The van der Waals surface area contributed by atoms with Gasteiger partial charge in [-0.3, -0.25) is 4.79 Å². The van der Waals surface area contributed by atoms with Gasteiger partial charge < -0.3 is 15.0 Å². The van der Waals surface area contributed by atoms with Gasteiger partial charge in [0.2, 0.25) is 0 Å². The lowest BCUT2D eigenvalue weighted by atomic mass is 9.53. The predicted molar refractivity (Wildman–Crippen MR) is 131 cm³/mol. The van der Waals surface area contributed by atoms with Gasteiger partial charge in [0.15, 0.2) is 6.61 Å². The van der Waals surface area contributed by atoms with Gasteiger partial charge in [0, 0.05) is 5.54 Å². The van der Waals surface area contributed by atoms with Crippen LogP contribution in [0.3, 0.4) is 0 Å². The molecule has 6 heteroatoms. The fourth-order valence-electron chi connectivity index (χ4n) is 6.81. The smallest absolute Gasteiger partial charge is 0.258 e. The molecule has 7 rings (SSSR count). The van der Waals surface area contributed by atoms with E-state index in [-0.39, 0.29) is 18.1 Å². The number of nitrogens with zero attached hydrogens (tertiary/aromatic N) is 2. The minimum absolute atomic E-state index is 0.00813. The summed E-state index contributed by atoms with van der Waals surface area (Å²) in [5.41, 5.74) is 3.06. The number of imidazole rings is 1. The zero-order chi connectivity index (χ0) is 23.1. The first-order valence-electron chi connectivity index (χ1n) is 12.2. The fourth-order valence-corrected chi connectivity index (χ4v) is 6.81. The number of allylic oxidation sites excluding steroid dienone is 1. The van der Waals surface area contributed by atoms with Crippen molar-refractivity contribution in [2.24, 2.45) is 17.8 Å². The van der Waals surface area contributed by atoms with Crippen LogP contribution in [0.1, 0.15) is 49.9 Å². The molecule has 0 aliphatic heterocycles. The van der Waals surface area contributed by atoms with Gasteiger partial charge in [-0.15, -0.1) is 0 Å². The molecule has 0 saturated heterocycles. The molecule has 0 radical (unpaired) electrons. The highest BCUT2D eigenvalue weighted by molar-refractivity contribution is 5.90. The lowest BCUT2D eigenvalue weighted by Crippen LogP contribution is -2.60. The molecule has 4 bridgehead atoms. The summed E-state index contributed by atoms with van der Waals surface area (Å²) in [5.74, 6) is 3.55. The maximum absolute atomic E-state index is 12.7. The van der Waals surface area contributed by atoms with E-state index in [9.17, 15) is 10.1 Å². The van der Waals surface area contributed by atoms with Crippen LogP contribution in [-0.2, 0) is 4.79 Å². The summed E-state index contributed by atoms with van der Waals surface area (Å²) in [7, 11) is 0. The van der Waals surface area contributed by atoms with Crippen molar-refractivity contribution in [1.29, 1.82) is 5.26 Å². The lowest BCUT2D eigenvalue weighted by molar-refractivity contribution is -0.128. The average molecular weight is 453 g/mol. The summed E-state index contributed by atoms with van der Waals surface area (Å²) in [6.07, 6.45) is 9.28. The number of aromatic amines is 1. The normalized spacial score (nSPS) is 27.5. The molecule has 4 aliphatic rings. The minimum Gasteiger partial charge on any atom is -0.484 e. The quantitative estimate of drug-likeness (QED) is 0.510. The van der Waals surface area contributed by atoms with Crippen molar-refractivity contribution in [1.82, 2.24) is 15.3 Å². The molecule has 0 spiro atoms. The Hall–Kier alpha value is -3.59. The number of rotatable bonds is 6. The van der Waals surface area contributed by atoms with Crippen molar-refractivity contribution in [3.8, 4) is 11.8 Å². The van der Waals surface area contributed by atoms with Gasteiger partial charge in [0.05, 0.1) is 16.6 Å². The number of fused-ring (bicyclic) bond motifs is 1. The second-order valence-electron chi connectivity index (χ2n) is 10.4. The van der Waals surface area contributed by atoms with Crippen LogP contribution in [0.5, 0.6) is 5.75 Å². The number of benzene rings is 2. The Balaban J connectivity index is 1.08. The number of ether oxygens (including phenoxy) is 1. The van der Waals surface area contributed by atoms with Crippen molar-refractivity contribution in [3.05, 3.63) is 59.9 Å². The molecule has 3 aromatic rings. The van der Waals surface area contributed by atoms with E-state index in [0.29, 0.717) is 17.1 Å². The third-order valence-electron chi connectivity index (χ3n) is 7.77. The third kappa shape index (κ3) is 4.07. The largest absolute Gasteiger partial charge is 0.484 e. The van der Waals surface area contributed by atoms with E-state index in [1.807, 2.05) is 48.5 Å². The van der Waals surface area contributed by atoms with Crippen LogP contribution in [0, 0.1) is 29.1 Å². The number of carbonyl (C=O) groups excluding carboxylic acids is 1. The number of H-pyrrole nitrogens is 1. The molecule has 2 aromatic carbocycles. The van der Waals surface area contributed by atoms with Crippen molar-refractivity contribution < 1.29 is 9.53 Å². The van der Waals surface area contributed by atoms with Crippen LogP contribution >= 0.6 is 0 Å². The maximum atomic E-state index is 12.7. The second-order valence-corrected chi connectivity index (χ2v) is 10.4. The Morgan fingerprint density at radius 3 is 2.41 bits per heavy atom. The zero-order valence-electron chi connectivity index (χ0n) is 19.1. The second kappa shape index (κ2) is 8.32. The number of hydrogen-bond acceptors (Lipinski definition) is 4. The Labute approximate surface area is 199 Å². The van der Waals surface area contributed by atoms with Gasteiger partial charge in [0.1, 0.15) is 17.6 Å². The first-order chi connectivity index (χ1) is 16.6. The van der Waals surface area contributed by atoms with Crippen LogP contribution in [0.25, 0.3) is 22.7 Å². The summed E-state index contributed by atoms with van der Waals surface area (Å²) in [6.45, 7) is 0.0271. The molecular formula is C28H28N4O2. The van der Waals surface area contributed by atoms with Gasteiger partial charge in [-0.2, -0.15) is 5.26 Å². The van der Waals surface area contributed by atoms with Gasteiger partial charge in [-0.05, 0) is 92.2 Å². The Morgan fingerprint density at radius 2 is 1.76 bits per heavy atom. The predicted octanol–water partition coefficient (Wildman–Crippen LogP) is 5.09. The van der Waals surface area contributed by atoms with E-state index in [1.165, 1.54) is 19.3 Å². The number of hydrogen-bond donors (Lipinski definition) is 2. The van der Waals surface area contributed by atoms with Crippen molar-refractivity contribution in [2.45, 2.75) is 44.1 Å². The summed E-state index contributed by atoms with van der Waals surface area (Å²) < 4.78 is 5.78. The van der Waals surface area contributed by atoms with Gasteiger partial charge >= 0.3 is 0 Å². The van der Waals surface area contributed by atoms with E-state index < -0.39 is 0 Å². The summed E-state index contributed by atoms with van der Waals surface area (Å²) >= 11 is 0. The first-order valence-corrected chi connectivity index (χ1v) is 12.2. The van der Waals surface area contributed by atoms with Gasteiger partial charge in [0.25, 0.3) is 5.91 Å². The van der Waals surface area contributed by atoms with Crippen LogP contribution < -0.4 is 10.1 Å². The molecular weight excluding hydrogens is 424 g/mol. The highest BCUT2D eigenvalue weighted by atomic mass is 16.5. The molecule has 4 fully saturated rings. The molecule has 1 amide bonds. The molecule has 0 atom stereocenters. The topological polar surface area (TPSA) is 90.8 Å². The Kier molecular flexibility index (Phi) is 5.13. The minimum atomic E-state index is -0.0254. The van der Waals surface area contributed by atoms with Crippen molar-refractivity contribution in [3.63, 3.8) is 0 Å². The van der Waals surface area contributed by atoms with Crippen molar-refractivity contribution >= 4 is 28.6 Å². The molecule has 4 saturated carbocycles. The summed E-state index contributed by atoms with van der Waals surface area (Å²) in [6, 6.07) is 17.4. The number of carbonyl (C=O) groups is 1. The molecule has 4 aliphatic carbocycles. The zero-order valence-corrected chi connectivity index (χ0v) is 19.1. The molecule has 0 unspecified atom stereocenters. The van der Waals surface area contributed by atoms with Crippen LogP contribution in [-0.4, -0.2) is 28.0 Å². The number of nitriles is 1. The average Bonchev–Trinajstić information content (AvgIpc) is 3.25. The number of amides is 1. The molecule has 1 aromatic heterocycles. The highest BCUT2D eigenvalue weighted by Crippen LogP contribution is 2.55.